The van der Waals surface area contributed by atoms with Gasteiger partial charge in [-0.3, -0.25) is 4.57 Å². The first kappa shape index (κ1) is 27.0. The molecule has 2 aromatic heterocycles. The van der Waals surface area contributed by atoms with E-state index >= 15 is 0 Å². The predicted molar refractivity (Wildman–Crippen MR) is 214 cm³/mol. The number of benzene rings is 9. The number of aromatic nitrogens is 3. The van der Waals surface area contributed by atoms with Gasteiger partial charge in [-0.2, -0.15) is 0 Å². The Morgan fingerprint density at radius 2 is 0.941 bits per heavy atom. The Labute approximate surface area is 292 Å². The fraction of sp³-hybridized carbons (Fsp3) is 0. The molecule has 0 saturated heterocycles. The Balaban J connectivity index is 1.28. The van der Waals surface area contributed by atoms with Gasteiger partial charge in [-0.25, -0.2) is 9.97 Å². The van der Waals surface area contributed by atoms with Crippen LogP contribution in [0.5, 0.6) is 0 Å². The van der Waals surface area contributed by atoms with Crippen LogP contribution in [0.25, 0.3) is 115 Å². The van der Waals surface area contributed by atoms with E-state index in [-0.39, 0.29) is 0 Å². The number of hydrogen-bond donors (Lipinski definition) is 0. The molecule has 0 aliphatic heterocycles. The van der Waals surface area contributed by atoms with E-state index in [1.54, 1.807) is 0 Å². The van der Waals surface area contributed by atoms with Gasteiger partial charge in [0, 0.05) is 27.1 Å². The Morgan fingerprint density at radius 1 is 0.373 bits per heavy atom. The topological polar surface area (TPSA) is 30.7 Å². The van der Waals surface area contributed by atoms with Crippen LogP contribution < -0.4 is 0 Å². The van der Waals surface area contributed by atoms with E-state index < -0.39 is 0 Å². The van der Waals surface area contributed by atoms with E-state index in [2.05, 4.69) is 168 Å². The van der Waals surface area contributed by atoms with Crippen LogP contribution in [0.1, 0.15) is 0 Å². The lowest BCUT2D eigenvalue weighted by molar-refractivity contribution is 1.08. The highest BCUT2D eigenvalue weighted by Crippen LogP contribution is 2.50. The zero-order valence-corrected chi connectivity index (χ0v) is 27.4. The SMILES string of the molecule is c1ccc(-c2cccc(-c3nc4c(ccc5ccccc54)nc3-n3c4ccc5cccc6c5c4c4c5c(ccc7cccc-6c75)ccc43)c2)cc1. The van der Waals surface area contributed by atoms with E-state index in [0.717, 1.165) is 55.5 Å². The molecule has 1 aliphatic carbocycles. The van der Waals surface area contributed by atoms with Crippen molar-refractivity contribution < 1.29 is 0 Å². The summed E-state index contributed by atoms with van der Waals surface area (Å²) in [4.78, 5) is 11.2. The molecular formula is C48H27N3. The largest absolute Gasteiger partial charge is 0.292 e. The first-order chi connectivity index (χ1) is 25.3. The van der Waals surface area contributed by atoms with Crippen molar-refractivity contribution in [3.05, 3.63) is 164 Å². The third-order valence-corrected chi connectivity index (χ3v) is 11.0. The maximum absolute atomic E-state index is 5.58. The lowest BCUT2D eigenvalue weighted by Crippen LogP contribution is -2.04. The molecular weight excluding hydrogens is 619 g/mol. The smallest absolute Gasteiger partial charge is 0.165 e. The Kier molecular flexibility index (Phi) is 5.23. The van der Waals surface area contributed by atoms with Crippen molar-refractivity contribution in [2.45, 2.75) is 0 Å². The average Bonchev–Trinajstić information content (AvgIpc) is 3.47. The maximum Gasteiger partial charge on any atom is 0.165 e. The van der Waals surface area contributed by atoms with Crippen molar-refractivity contribution in [3.8, 4) is 39.3 Å². The summed E-state index contributed by atoms with van der Waals surface area (Å²) in [6, 6.07) is 59.3. The second-order valence-electron chi connectivity index (χ2n) is 13.7. The van der Waals surface area contributed by atoms with Crippen molar-refractivity contribution in [1.82, 2.24) is 14.5 Å². The summed E-state index contributed by atoms with van der Waals surface area (Å²) in [7, 11) is 0. The molecule has 9 aromatic carbocycles. The molecule has 0 amide bonds. The quantitative estimate of drug-likeness (QED) is 0.179. The zero-order chi connectivity index (χ0) is 33.2. The standard InChI is InChI=1S/C48H27N3/c1-2-9-28(10-3-1)33-14-6-15-34(27-33)46-48(49-38-24-21-29-11-4-5-16-35(29)47(38)50-46)51-39-25-22-31-13-8-18-37-36-17-7-12-30-19-20-32-23-26-40(51)45(43(32)41(30)36)44(39)42(31)37/h1-27H. The van der Waals surface area contributed by atoms with Gasteiger partial charge in [0.2, 0.25) is 0 Å². The van der Waals surface area contributed by atoms with Gasteiger partial charge >= 0.3 is 0 Å². The van der Waals surface area contributed by atoms with E-state index in [1.807, 2.05) is 0 Å². The van der Waals surface area contributed by atoms with Crippen LogP contribution in [0.3, 0.4) is 0 Å². The molecule has 51 heavy (non-hydrogen) atoms. The molecule has 234 valence electrons. The molecule has 1 aliphatic rings. The first-order valence-corrected chi connectivity index (χ1v) is 17.5. The normalized spacial score (nSPS) is 12.3. The molecule has 0 fully saturated rings. The summed E-state index contributed by atoms with van der Waals surface area (Å²) >= 11 is 0. The zero-order valence-electron chi connectivity index (χ0n) is 27.4. The minimum Gasteiger partial charge on any atom is -0.292 e. The third kappa shape index (κ3) is 3.62. The second-order valence-corrected chi connectivity index (χ2v) is 13.7. The lowest BCUT2D eigenvalue weighted by atomic mass is 9.93. The van der Waals surface area contributed by atoms with Crippen molar-refractivity contribution in [1.29, 1.82) is 0 Å². The van der Waals surface area contributed by atoms with Gasteiger partial charge in [-0.15, -0.1) is 0 Å². The minimum absolute atomic E-state index is 0.834. The number of nitrogens with zero attached hydrogens (tertiary/aromatic N) is 3. The van der Waals surface area contributed by atoms with Crippen molar-refractivity contribution >= 4 is 75.9 Å². The minimum atomic E-state index is 0.834. The highest BCUT2D eigenvalue weighted by molar-refractivity contribution is 6.38. The van der Waals surface area contributed by atoms with Crippen LogP contribution >= 0.6 is 0 Å². The van der Waals surface area contributed by atoms with Gasteiger partial charge in [0.25, 0.3) is 0 Å². The van der Waals surface area contributed by atoms with Gasteiger partial charge in [0.1, 0.15) is 5.69 Å². The predicted octanol–water partition coefficient (Wildman–Crippen LogP) is 12.7. The summed E-state index contributed by atoms with van der Waals surface area (Å²) < 4.78 is 2.39. The lowest BCUT2D eigenvalue weighted by Gasteiger charge is -2.16. The number of fused-ring (bicyclic) bond motifs is 4. The summed E-state index contributed by atoms with van der Waals surface area (Å²) in [6.45, 7) is 0. The molecule has 0 atom stereocenters. The van der Waals surface area contributed by atoms with Crippen molar-refractivity contribution in [2.75, 3.05) is 0 Å². The van der Waals surface area contributed by atoms with Crippen LogP contribution in [0.2, 0.25) is 0 Å². The van der Waals surface area contributed by atoms with Crippen LogP contribution in [-0.4, -0.2) is 14.5 Å². The summed E-state index contributed by atoms with van der Waals surface area (Å²) in [5.74, 6) is 0.834. The van der Waals surface area contributed by atoms with Crippen LogP contribution in [0.15, 0.2) is 164 Å². The van der Waals surface area contributed by atoms with Crippen LogP contribution in [-0.2, 0) is 0 Å². The fourth-order valence-corrected chi connectivity index (χ4v) is 8.84. The molecule has 0 spiro atoms. The monoisotopic (exact) mass is 645 g/mol. The number of rotatable bonds is 3. The van der Waals surface area contributed by atoms with E-state index in [4.69, 9.17) is 9.97 Å². The summed E-state index contributed by atoms with van der Waals surface area (Å²) in [5.41, 5.74) is 10.8. The van der Waals surface area contributed by atoms with E-state index in [1.165, 1.54) is 59.8 Å². The molecule has 12 rings (SSSR count). The van der Waals surface area contributed by atoms with Gasteiger partial charge < -0.3 is 0 Å². The highest BCUT2D eigenvalue weighted by Gasteiger charge is 2.26. The molecule has 0 N–H and O–H groups in total. The third-order valence-electron chi connectivity index (χ3n) is 11.0. The van der Waals surface area contributed by atoms with Gasteiger partial charge in [-0.1, -0.05) is 140 Å². The summed E-state index contributed by atoms with van der Waals surface area (Å²) in [5, 5.41) is 12.5. The van der Waals surface area contributed by atoms with E-state index in [0.29, 0.717) is 0 Å². The second kappa shape index (κ2) is 9.87. The van der Waals surface area contributed by atoms with Crippen molar-refractivity contribution in [3.63, 3.8) is 0 Å². The van der Waals surface area contributed by atoms with E-state index in [9.17, 15) is 0 Å². The van der Waals surface area contributed by atoms with Crippen LogP contribution in [0, 0.1) is 0 Å². The number of hydrogen-bond acceptors (Lipinski definition) is 2. The average molecular weight is 646 g/mol. The Morgan fingerprint density at radius 3 is 1.73 bits per heavy atom. The molecule has 3 heteroatoms. The molecule has 0 radical (unpaired) electrons. The highest BCUT2D eigenvalue weighted by atomic mass is 15.1. The van der Waals surface area contributed by atoms with Gasteiger partial charge in [0.15, 0.2) is 5.82 Å². The molecule has 0 bridgehead atoms. The Bertz CT molecular complexity index is 3300. The Hall–Kier alpha value is -6.84. The maximum atomic E-state index is 5.58. The fourth-order valence-electron chi connectivity index (χ4n) is 8.84. The molecule has 3 nitrogen and oxygen atoms in total. The van der Waals surface area contributed by atoms with Gasteiger partial charge in [-0.05, 0) is 78.8 Å². The summed E-state index contributed by atoms with van der Waals surface area (Å²) in [6.07, 6.45) is 0. The molecule has 0 unspecified atom stereocenters. The first-order valence-electron chi connectivity index (χ1n) is 17.5. The molecule has 0 saturated carbocycles. The van der Waals surface area contributed by atoms with Crippen LogP contribution in [0.4, 0.5) is 0 Å². The molecule has 11 aromatic rings. The molecule has 2 heterocycles. The van der Waals surface area contributed by atoms with Crippen molar-refractivity contribution in [2.24, 2.45) is 0 Å². The van der Waals surface area contributed by atoms with Gasteiger partial charge in [0.05, 0.1) is 22.1 Å².